The Bertz CT molecular complexity index is 360. The van der Waals surface area contributed by atoms with Crippen LogP contribution in [0.25, 0.3) is 0 Å². The first-order chi connectivity index (χ1) is 8.70. The summed E-state index contributed by atoms with van der Waals surface area (Å²) >= 11 is 2.11. The van der Waals surface area contributed by atoms with Gasteiger partial charge in [-0.3, -0.25) is 0 Å². The SMILES string of the molecule is CCC(NC1CCCSC1C)c1ccc(C)cc1. The molecule has 3 atom stereocenters. The Morgan fingerprint density at radius 2 is 2.06 bits per heavy atom. The van der Waals surface area contributed by atoms with Gasteiger partial charge in [-0.05, 0) is 37.5 Å². The smallest absolute Gasteiger partial charge is 0.0320 e. The van der Waals surface area contributed by atoms with Gasteiger partial charge < -0.3 is 5.32 Å². The van der Waals surface area contributed by atoms with Crippen LogP contribution in [0.5, 0.6) is 0 Å². The van der Waals surface area contributed by atoms with E-state index in [2.05, 4.69) is 62.1 Å². The van der Waals surface area contributed by atoms with E-state index in [1.165, 1.54) is 29.7 Å². The fourth-order valence-electron chi connectivity index (χ4n) is 2.65. The third-order valence-corrected chi connectivity index (χ3v) is 5.29. The van der Waals surface area contributed by atoms with Crippen LogP contribution in [0.4, 0.5) is 0 Å². The highest BCUT2D eigenvalue weighted by Crippen LogP contribution is 2.28. The summed E-state index contributed by atoms with van der Waals surface area (Å²) in [5.74, 6) is 1.33. The summed E-state index contributed by atoms with van der Waals surface area (Å²) in [7, 11) is 0. The lowest BCUT2D eigenvalue weighted by Crippen LogP contribution is -2.41. The topological polar surface area (TPSA) is 12.0 Å². The summed E-state index contributed by atoms with van der Waals surface area (Å²) in [6.07, 6.45) is 3.85. The average Bonchev–Trinajstić information content (AvgIpc) is 2.39. The van der Waals surface area contributed by atoms with Crippen LogP contribution in [0, 0.1) is 6.92 Å². The molecule has 1 aliphatic rings. The molecule has 0 radical (unpaired) electrons. The molecule has 2 heteroatoms. The first-order valence-corrected chi connectivity index (χ1v) is 8.19. The number of aryl methyl sites for hydroxylation is 1. The zero-order valence-electron chi connectivity index (χ0n) is 11.8. The van der Waals surface area contributed by atoms with E-state index >= 15 is 0 Å². The Hall–Kier alpha value is -0.470. The Morgan fingerprint density at radius 3 is 2.67 bits per heavy atom. The molecule has 18 heavy (non-hydrogen) atoms. The minimum Gasteiger partial charge on any atom is -0.306 e. The number of rotatable bonds is 4. The fraction of sp³-hybridized carbons (Fsp3) is 0.625. The minimum absolute atomic E-state index is 0.511. The molecule has 1 aromatic carbocycles. The van der Waals surface area contributed by atoms with Crippen molar-refractivity contribution in [2.75, 3.05) is 5.75 Å². The third kappa shape index (κ3) is 3.52. The Morgan fingerprint density at radius 1 is 1.33 bits per heavy atom. The normalized spacial score (nSPS) is 25.9. The van der Waals surface area contributed by atoms with E-state index in [1.54, 1.807) is 0 Å². The van der Waals surface area contributed by atoms with Crippen LogP contribution in [0.15, 0.2) is 24.3 Å². The molecule has 1 nitrogen and oxygen atoms in total. The van der Waals surface area contributed by atoms with Crippen LogP contribution in [0.2, 0.25) is 0 Å². The molecule has 1 fully saturated rings. The lowest BCUT2D eigenvalue weighted by molar-refractivity contribution is 0.395. The number of thioether (sulfide) groups is 1. The molecule has 1 aromatic rings. The highest BCUT2D eigenvalue weighted by Gasteiger charge is 2.24. The second kappa shape index (κ2) is 6.63. The Balaban J connectivity index is 2.02. The van der Waals surface area contributed by atoms with Crippen LogP contribution in [-0.4, -0.2) is 17.0 Å². The van der Waals surface area contributed by atoms with Crippen LogP contribution in [0.3, 0.4) is 0 Å². The van der Waals surface area contributed by atoms with E-state index in [0.717, 1.165) is 11.7 Å². The Labute approximate surface area is 116 Å². The lowest BCUT2D eigenvalue weighted by atomic mass is 10.00. The summed E-state index contributed by atoms with van der Waals surface area (Å²) in [6, 6.07) is 10.2. The molecule has 2 rings (SSSR count). The van der Waals surface area contributed by atoms with Gasteiger partial charge in [0.2, 0.25) is 0 Å². The summed E-state index contributed by atoms with van der Waals surface area (Å²) < 4.78 is 0. The molecular weight excluding hydrogens is 238 g/mol. The van der Waals surface area contributed by atoms with Gasteiger partial charge in [0, 0.05) is 17.3 Å². The molecule has 3 unspecified atom stereocenters. The van der Waals surface area contributed by atoms with E-state index in [0.29, 0.717) is 12.1 Å². The quantitative estimate of drug-likeness (QED) is 0.868. The molecule has 1 N–H and O–H groups in total. The summed E-state index contributed by atoms with van der Waals surface area (Å²) in [5.41, 5.74) is 2.78. The monoisotopic (exact) mass is 263 g/mol. The maximum Gasteiger partial charge on any atom is 0.0320 e. The molecule has 100 valence electrons. The summed E-state index contributed by atoms with van der Waals surface area (Å²) in [4.78, 5) is 0. The average molecular weight is 263 g/mol. The van der Waals surface area contributed by atoms with Gasteiger partial charge in [-0.2, -0.15) is 11.8 Å². The number of hydrogen-bond donors (Lipinski definition) is 1. The molecular formula is C16H25NS. The zero-order valence-corrected chi connectivity index (χ0v) is 12.6. The second-order valence-electron chi connectivity index (χ2n) is 5.36. The van der Waals surface area contributed by atoms with Gasteiger partial charge in [-0.25, -0.2) is 0 Å². The second-order valence-corrected chi connectivity index (χ2v) is 6.85. The molecule has 0 amide bonds. The van der Waals surface area contributed by atoms with Crippen molar-refractivity contribution in [2.24, 2.45) is 0 Å². The van der Waals surface area contributed by atoms with Crippen molar-refractivity contribution in [3.63, 3.8) is 0 Å². The fourth-order valence-corrected chi connectivity index (χ4v) is 3.80. The van der Waals surface area contributed by atoms with Gasteiger partial charge in [-0.15, -0.1) is 0 Å². The van der Waals surface area contributed by atoms with Crippen molar-refractivity contribution in [2.45, 2.75) is 57.4 Å². The molecule has 0 spiro atoms. The first kappa shape index (κ1) is 14.0. The van der Waals surface area contributed by atoms with Gasteiger partial charge >= 0.3 is 0 Å². The van der Waals surface area contributed by atoms with E-state index in [1.807, 2.05) is 0 Å². The standard InChI is InChI=1S/C16H25NS/c1-4-15(14-9-7-12(2)8-10-14)17-16-6-5-11-18-13(16)3/h7-10,13,15-17H,4-6,11H2,1-3H3. The predicted octanol–water partition coefficient (Wildman–Crippen LogP) is 4.32. The van der Waals surface area contributed by atoms with Gasteiger partial charge in [0.05, 0.1) is 0 Å². The van der Waals surface area contributed by atoms with Crippen LogP contribution < -0.4 is 5.32 Å². The van der Waals surface area contributed by atoms with E-state index < -0.39 is 0 Å². The van der Waals surface area contributed by atoms with Gasteiger partial charge in [-0.1, -0.05) is 43.7 Å². The number of nitrogens with one attached hydrogen (secondary N) is 1. The van der Waals surface area contributed by atoms with Crippen molar-refractivity contribution in [1.29, 1.82) is 0 Å². The maximum absolute atomic E-state index is 3.87. The lowest BCUT2D eigenvalue weighted by Gasteiger charge is -2.33. The molecule has 1 heterocycles. The Kier molecular flexibility index (Phi) is 5.13. The van der Waals surface area contributed by atoms with Crippen LogP contribution in [-0.2, 0) is 0 Å². The number of benzene rings is 1. The molecule has 0 saturated carbocycles. The van der Waals surface area contributed by atoms with Gasteiger partial charge in [0.25, 0.3) is 0 Å². The van der Waals surface area contributed by atoms with Crippen molar-refractivity contribution < 1.29 is 0 Å². The van der Waals surface area contributed by atoms with Crippen molar-refractivity contribution in [3.8, 4) is 0 Å². The first-order valence-electron chi connectivity index (χ1n) is 7.15. The van der Waals surface area contributed by atoms with Crippen molar-refractivity contribution in [1.82, 2.24) is 5.32 Å². The van der Waals surface area contributed by atoms with E-state index in [9.17, 15) is 0 Å². The molecule has 0 aromatic heterocycles. The summed E-state index contributed by atoms with van der Waals surface area (Å²) in [6.45, 7) is 6.79. The van der Waals surface area contributed by atoms with Crippen LogP contribution in [0.1, 0.15) is 50.3 Å². The molecule has 0 aliphatic carbocycles. The molecule has 1 saturated heterocycles. The van der Waals surface area contributed by atoms with Crippen LogP contribution >= 0.6 is 11.8 Å². The highest BCUT2D eigenvalue weighted by atomic mass is 32.2. The van der Waals surface area contributed by atoms with Gasteiger partial charge in [0.15, 0.2) is 0 Å². The maximum atomic E-state index is 3.87. The van der Waals surface area contributed by atoms with E-state index in [-0.39, 0.29) is 0 Å². The molecule has 1 aliphatic heterocycles. The van der Waals surface area contributed by atoms with Gasteiger partial charge in [0.1, 0.15) is 0 Å². The predicted molar refractivity (Wildman–Crippen MR) is 82.3 cm³/mol. The zero-order chi connectivity index (χ0) is 13.0. The number of hydrogen-bond acceptors (Lipinski definition) is 2. The van der Waals surface area contributed by atoms with Crippen molar-refractivity contribution >= 4 is 11.8 Å². The van der Waals surface area contributed by atoms with Crippen molar-refractivity contribution in [3.05, 3.63) is 35.4 Å². The highest BCUT2D eigenvalue weighted by molar-refractivity contribution is 7.99. The minimum atomic E-state index is 0.511. The van der Waals surface area contributed by atoms with E-state index in [4.69, 9.17) is 0 Å². The largest absolute Gasteiger partial charge is 0.306 e. The third-order valence-electron chi connectivity index (χ3n) is 3.91. The molecule has 0 bridgehead atoms. The summed E-state index contributed by atoms with van der Waals surface area (Å²) in [5, 5.41) is 4.62.